The second kappa shape index (κ2) is 8.97. The number of thiophene rings is 1. The van der Waals surface area contributed by atoms with Crippen LogP contribution in [-0.4, -0.2) is 10.9 Å². The third kappa shape index (κ3) is 4.82. The van der Waals surface area contributed by atoms with Crippen LogP contribution in [0.1, 0.15) is 20.8 Å². The van der Waals surface area contributed by atoms with Gasteiger partial charge in [0.15, 0.2) is 5.75 Å². The molecule has 2 heterocycles. The predicted molar refractivity (Wildman–Crippen MR) is 120 cm³/mol. The maximum Gasteiger partial charge on any atom is 0.416 e. The molecule has 164 valence electrons. The topological polar surface area (TPSA) is 51.2 Å². The molecule has 0 saturated carbocycles. The first kappa shape index (κ1) is 22.4. The normalized spacial score (nSPS) is 11.5. The van der Waals surface area contributed by atoms with Crippen LogP contribution >= 0.6 is 34.5 Å². The first-order valence-corrected chi connectivity index (χ1v) is 10.7. The van der Waals surface area contributed by atoms with Gasteiger partial charge in [-0.15, -0.1) is 11.3 Å². The van der Waals surface area contributed by atoms with Crippen LogP contribution < -0.4 is 10.1 Å². The van der Waals surface area contributed by atoms with Crippen molar-refractivity contribution < 1.29 is 22.7 Å². The molecular weight excluding hydrogens is 484 g/mol. The van der Waals surface area contributed by atoms with Gasteiger partial charge in [0.2, 0.25) is 0 Å². The highest BCUT2D eigenvalue weighted by Gasteiger charge is 2.30. The lowest BCUT2D eigenvalue weighted by Crippen LogP contribution is -2.13. The van der Waals surface area contributed by atoms with E-state index in [0.29, 0.717) is 20.3 Å². The van der Waals surface area contributed by atoms with E-state index in [9.17, 15) is 18.0 Å². The molecule has 0 fully saturated rings. The summed E-state index contributed by atoms with van der Waals surface area (Å²) in [6, 6.07) is 12.9. The number of fused-ring (bicyclic) bond motifs is 1. The lowest BCUT2D eigenvalue weighted by atomic mass is 10.2. The van der Waals surface area contributed by atoms with Crippen LogP contribution in [0.25, 0.3) is 10.2 Å². The van der Waals surface area contributed by atoms with E-state index in [1.165, 1.54) is 12.1 Å². The number of anilines is 1. The van der Waals surface area contributed by atoms with Crippen LogP contribution in [0, 0.1) is 0 Å². The molecule has 0 aliphatic heterocycles. The van der Waals surface area contributed by atoms with Crippen LogP contribution in [0.5, 0.6) is 5.75 Å². The molecule has 4 aromatic rings. The van der Waals surface area contributed by atoms with Crippen LogP contribution in [0.4, 0.5) is 18.9 Å². The van der Waals surface area contributed by atoms with Gasteiger partial charge in [0.05, 0.1) is 21.0 Å². The van der Waals surface area contributed by atoms with Gasteiger partial charge in [0.1, 0.15) is 16.3 Å². The molecule has 0 spiro atoms. The van der Waals surface area contributed by atoms with Gasteiger partial charge in [-0.3, -0.25) is 4.79 Å². The molecule has 2 aromatic heterocycles. The standard InChI is InChI=1S/C22H13Cl2F3N2O2S/c23-16-7-6-12(9-17(16)24)11-31-18-15-5-2-8-28-21(15)32-19(18)20(30)29-14-4-1-3-13(10-14)22(25,26)27/h1-10H,11H2,(H,29,30). The minimum Gasteiger partial charge on any atom is -0.486 e. The number of nitrogens with zero attached hydrogens (tertiary/aromatic N) is 1. The molecule has 0 unspecified atom stereocenters. The number of halogens is 5. The second-order valence-electron chi connectivity index (χ2n) is 6.69. The number of benzene rings is 2. The Hall–Kier alpha value is -2.81. The fraction of sp³-hybridized carbons (Fsp3) is 0.0909. The quantitative estimate of drug-likeness (QED) is 0.312. The fourth-order valence-corrected chi connectivity index (χ4v) is 4.25. The van der Waals surface area contributed by atoms with Crippen molar-refractivity contribution in [2.24, 2.45) is 0 Å². The second-order valence-corrected chi connectivity index (χ2v) is 8.50. The van der Waals surface area contributed by atoms with Crippen LogP contribution in [-0.2, 0) is 12.8 Å². The Balaban J connectivity index is 1.63. The highest BCUT2D eigenvalue weighted by atomic mass is 35.5. The SMILES string of the molecule is O=C(Nc1cccc(C(F)(F)F)c1)c1sc2ncccc2c1OCc1ccc(Cl)c(Cl)c1. The summed E-state index contributed by atoms with van der Waals surface area (Å²) in [6.07, 6.45) is -2.94. The number of pyridine rings is 1. The molecule has 4 rings (SSSR count). The summed E-state index contributed by atoms with van der Waals surface area (Å²) >= 11 is 13.1. The van der Waals surface area contributed by atoms with E-state index in [4.69, 9.17) is 27.9 Å². The molecule has 4 nitrogen and oxygen atoms in total. The van der Waals surface area contributed by atoms with Gasteiger partial charge < -0.3 is 10.1 Å². The van der Waals surface area contributed by atoms with Crippen molar-refractivity contribution in [2.75, 3.05) is 5.32 Å². The summed E-state index contributed by atoms with van der Waals surface area (Å²) < 4.78 is 44.9. The summed E-state index contributed by atoms with van der Waals surface area (Å²) in [7, 11) is 0. The van der Waals surface area contributed by atoms with Crippen LogP contribution in [0.2, 0.25) is 10.0 Å². The zero-order valence-electron chi connectivity index (χ0n) is 16.0. The van der Waals surface area contributed by atoms with Gasteiger partial charge in [-0.25, -0.2) is 4.98 Å². The number of amides is 1. The van der Waals surface area contributed by atoms with Crippen molar-refractivity contribution in [2.45, 2.75) is 12.8 Å². The molecule has 1 N–H and O–H groups in total. The number of hydrogen-bond acceptors (Lipinski definition) is 4. The molecule has 2 aromatic carbocycles. The highest BCUT2D eigenvalue weighted by Crippen LogP contribution is 2.38. The Bertz CT molecular complexity index is 1310. The maximum atomic E-state index is 13.0. The highest BCUT2D eigenvalue weighted by molar-refractivity contribution is 7.21. The van der Waals surface area contributed by atoms with Gasteiger partial charge in [-0.05, 0) is 48.0 Å². The number of aromatic nitrogens is 1. The van der Waals surface area contributed by atoms with Crippen LogP contribution in [0.15, 0.2) is 60.8 Å². The molecule has 0 atom stereocenters. The average Bonchev–Trinajstić information content (AvgIpc) is 3.13. The first-order valence-electron chi connectivity index (χ1n) is 9.15. The summed E-state index contributed by atoms with van der Waals surface area (Å²) in [4.78, 5) is 17.9. The molecule has 0 radical (unpaired) electrons. The van der Waals surface area contributed by atoms with E-state index in [-0.39, 0.29) is 22.9 Å². The summed E-state index contributed by atoms with van der Waals surface area (Å²) in [5, 5.41) is 3.90. The van der Waals surface area contributed by atoms with Gasteiger partial charge in [-0.1, -0.05) is 35.3 Å². The Morgan fingerprint density at radius 3 is 2.62 bits per heavy atom. The molecule has 1 amide bonds. The van der Waals surface area contributed by atoms with E-state index in [2.05, 4.69) is 10.3 Å². The molecule has 0 saturated heterocycles. The number of carbonyl (C=O) groups is 1. The lowest BCUT2D eigenvalue weighted by molar-refractivity contribution is -0.137. The zero-order chi connectivity index (χ0) is 22.9. The predicted octanol–water partition coefficient (Wildman–Crippen LogP) is 7.45. The lowest BCUT2D eigenvalue weighted by Gasteiger charge is -2.11. The molecule has 0 bridgehead atoms. The number of carbonyl (C=O) groups excluding carboxylic acids is 1. The Labute approximate surface area is 194 Å². The average molecular weight is 497 g/mol. The van der Waals surface area contributed by atoms with Gasteiger partial charge in [-0.2, -0.15) is 13.2 Å². The molecule has 10 heteroatoms. The zero-order valence-corrected chi connectivity index (χ0v) is 18.4. The maximum absolute atomic E-state index is 13.0. The van der Waals surface area contributed by atoms with Crippen molar-refractivity contribution in [3.8, 4) is 5.75 Å². The number of hydrogen-bond donors (Lipinski definition) is 1. The smallest absolute Gasteiger partial charge is 0.416 e. The Morgan fingerprint density at radius 2 is 1.88 bits per heavy atom. The van der Waals surface area contributed by atoms with Gasteiger partial charge >= 0.3 is 6.18 Å². The number of ether oxygens (including phenoxy) is 1. The van der Waals surface area contributed by atoms with Crippen molar-refractivity contribution in [1.29, 1.82) is 0 Å². The molecule has 0 aliphatic carbocycles. The third-order valence-electron chi connectivity index (χ3n) is 4.44. The van der Waals surface area contributed by atoms with E-state index >= 15 is 0 Å². The van der Waals surface area contributed by atoms with Crippen molar-refractivity contribution in [3.05, 3.63) is 86.8 Å². The summed E-state index contributed by atoms with van der Waals surface area (Å²) in [6.45, 7) is 0.0987. The van der Waals surface area contributed by atoms with Crippen molar-refractivity contribution >= 4 is 56.3 Å². The van der Waals surface area contributed by atoms with E-state index in [0.717, 1.165) is 29.0 Å². The largest absolute Gasteiger partial charge is 0.486 e. The molecule has 32 heavy (non-hydrogen) atoms. The van der Waals surface area contributed by atoms with Crippen LogP contribution in [0.3, 0.4) is 0 Å². The van der Waals surface area contributed by atoms with E-state index in [1.807, 2.05) is 0 Å². The van der Waals surface area contributed by atoms with E-state index < -0.39 is 17.6 Å². The minimum atomic E-state index is -4.52. The van der Waals surface area contributed by atoms with Crippen molar-refractivity contribution in [1.82, 2.24) is 4.98 Å². The van der Waals surface area contributed by atoms with Crippen molar-refractivity contribution in [3.63, 3.8) is 0 Å². The van der Waals surface area contributed by atoms with Gasteiger partial charge in [0.25, 0.3) is 5.91 Å². The van der Waals surface area contributed by atoms with Gasteiger partial charge in [0, 0.05) is 11.9 Å². The number of alkyl halides is 3. The number of nitrogens with one attached hydrogen (secondary N) is 1. The first-order chi connectivity index (χ1) is 15.2. The summed E-state index contributed by atoms with van der Waals surface area (Å²) in [5.74, 6) is -0.315. The fourth-order valence-electron chi connectivity index (χ4n) is 2.95. The molecular formula is C22H13Cl2F3N2O2S. The Kier molecular flexibility index (Phi) is 6.28. The minimum absolute atomic E-state index is 0.0191. The third-order valence-corrected chi connectivity index (χ3v) is 6.27. The summed E-state index contributed by atoms with van der Waals surface area (Å²) in [5.41, 5.74) is -0.109. The van der Waals surface area contributed by atoms with E-state index in [1.54, 1.807) is 36.5 Å². The molecule has 0 aliphatic rings. The monoisotopic (exact) mass is 496 g/mol. The number of rotatable bonds is 5. The Morgan fingerprint density at radius 1 is 1.06 bits per heavy atom.